The van der Waals surface area contributed by atoms with Crippen molar-refractivity contribution in [2.45, 2.75) is 19.4 Å². The Labute approximate surface area is 130 Å². The molecule has 116 valence electrons. The number of ether oxygens (including phenoxy) is 1. The first kappa shape index (κ1) is 16.0. The highest BCUT2D eigenvalue weighted by molar-refractivity contribution is 5.70. The van der Waals surface area contributed by atoms with Gasteiger partial charge in [0.1, 0.15) is 5.75 Å². The minimum atomic E-state index is -0.821. The van der Waals surface area contributed by atoms with E-state index in [1.165, 1.54) is 5.56 Å². The zero-order valence-corrected chi connectivity index (χ0v) is 12.5. The van der Waals surface area contributed by atoms with Gasteiger partial charge in [-0.1, -0.05) is 42.5 Å². The molecule has 0 heterocycles. The number of hydrogen-bond acceptors (Lipinski definition) is 3. The van der Waals surface area contributed by atoms with Crippen LogP contribution in [0, 0.1) is 0 Å². The van der Waals surface area contributed by atoms with Crippen molar-refractivity contribution in [2.24, 2.45) is 0 Å². The van der Waals surface area contributed by atoms with Crippen molar-refractivity contribution < 1.29 is 14.6 Å². The molecule has 2 aromatic carbocycles. The van der Waals surface area contributed by atoms with Crippen LogP contribution in [0.4, 0.5) is 0 Å². The lowest BCUT2D eigenvalue weighted by molar-refractivity contribution is -0.136. The maximum atomic E-state index is 10.6. The number of carboxylic acids is 1. The number of carbonyl (C=O) groups is 1. The van der Waals surface area contributed by atoms with Gasteiger partial charge in [-0.2, -0.15) is 0 Å². The molecule has 22 heavy (non-hydrogen) atoms. The first-order chi connectivity index (χ1) is 10.7. The summed E-state index contributed by atoms with van der Waals surface area (Å²) in [5.41, 5.74) is 2.06. The van der Waals surface area contributed by atoms with E-state index in [-0.39, 0.29) is 6.42 Å². The van der Waals surface area contributed by atoms with Crippen LogP contribution in [-0.4, -0.2) is 24.2 Å². The van der Waals surface area contributed by atoms with Crippen LogP contribution in [-0.2, 0) is 17.8 Å². The molecular formula is C18H21NO3. The number of benzene rings is 2. The third-order valence-electron chi connectivity index (χ3n) is 3.22. The van der Waals surface area contributed by atoms with Gasteiger partial charge in [0.2, 0.25) is 0 Å². The van der Waals surface area contributed by atoms with Crippen LogP contribution >= 0.6 is 0 Å². The number of carboxylic acid groups (broad SMARTS) is 1. The highest BCUT2D eigenvalue weighted by Gasteiger charge is 2.00. The van der Waals surface area contributed by atoms with Crippen molar-refractivity contribution in [1.82, 2.24) is 5.32 Å². The topological polar surface area (TPSA) is 58.6 Å². The second kappa shape index (κ2) is 8.85. The Bertz CT molecular complexity index is 567. The predicted molar refractivity (Wildman–Crippen MR) is 86.0 cm³/mol. The maximum Gasteiger partial charge on any atom is 0.307 e. The van der Waals surface area contributed by atoms with E-state index in [0.29, 0.717) is 6.61 Å². The molecule has 0 radical (unpaired) electrons. The molecule has 0 aliphatic heterocycles. The lowest BCUT2D eigenvalue weighted by atomic mass is 10.1. The molecule has 0 aliphatic rings. The molecule has 0 saturated carbocycles. The highest BCUT2D eigenvalue weighted by atomic mass is 16.5. The second-order valence-corrected chi connectivity index (χ2v) is 5.08. The summed E-state index contributed by atoms with van der Waals surface area (Å²) in [6, 6.07) is 17.5. The highest BCUT2D eigenvalue weighted by Crippen LogP contribution is 2.12. The van der Waals surface area contributed by atoms with Gasteiger partial charge < -0.3 is 15.2 Å². The zero-order chi connectivity index (χ0) is 15.6. The normalized spacial score (nSPS) is 10.4. The molecule has 0 aliphatic carbocycles. The van der Waals surface area contributed by atoms with Gasteiger partial charge >= 0.3 is 5.97 Å². The van der Waals surface area contributed by atoms with Gasteiger partial charge in [-0.3, -0.25) is 4.79 Å². The third-order valence-corrected chi connectivity index (χ3v) is 3.22. The van der Waals surface area contributed by atoms with Gasteiger partial charge in [-0.25, -0.2) is 0 Å². The second-order valence-electron chi connectivity index (χ2n) is 5.08. The molecule has 4 nitrogen and oxygen atoms in total. The molecule has 0 saturated heterocycles. The molecule has 0 fully saturated rings. The Balaban J connectivity index is 1.59. The molecule has 0 spiro atoms. The predicted octanol–water partition coefficient (Wildman–Crippen LogP) is 2.87. The van der Waals surface area contributed by atoms with E-state index in [4.69, 9.17) is 9.84 Å². The smallest absolute Gasteiger partial charge is 0.307 e. The first-order valence-electron chi connectivity index (χ1n) is 7.42. The fourth-order valence-corrected chi connectivity index (χ4v) is 2.09. The van der Waals surface area contributed by atoms with Gasteiger partial charge in [0.15, 0.2) is 0 Å². The summed E-state index contributed by atoms with van der Waals surface area (Å²) < 4.78 is 5.63. The monoisotopic (exact) mass is 299 g/mol. The number of aliphatic carboxylic acids is 1. The SMILES string of the molecule is O=C(O)Cc1ccc(OCCCNCc2ccccc2)cc1. The molecular weight excluding hydrogens is 278 g/mol. The van der Waals surface area contributed by atoms with Crippen molar-refractivity contribution in [2.75, 3.05) is 13.2 Å². The minimum Gasteiger partial charge on any atom is -0.494 e. The Hall–Kier alpha value is -2.33. The largest absolute Gasteiger partial charge is 0.494 e. The molecule has 2 rings (SSSR count). The molecule has 0 unspecified atom stereocenters. The Kier molecular flexibility index (Phi) is 6.45. The van der Waals surface area contributed by atoms with Crippen LogP contribution in [0.1, 0.15) is 17.5 Å². The van der Waals surface area contributed by atoms with E-state index in [1.54, 1.807) is 12.1 Å². The summed E-state index contributed by atoms with van der Waals surface area (Å²) in [5, 5.41) is 12.1. The minimum absolute atomic E-state index is 0.0453. The van der Waals surface area contributed by atoms with Crippen LogP contribution in [0.25, 0.3) is 0 Å². The average Bonchev–Trinajstić information content (AvgIpc) is 2.53. The summed E-state index contributed by atoms with van der Waals surface area (Å²) in [7, 11) is 0. The van der Waals surface area contributed by atoms with Crippen LogP contribution in [0.15, 0.2) is 54.6 Å². The van der Waals surface area contributed by atoms with Crippen LogP contribution in [0.5, 0.6) is 5.75 Å². The van der Waals surface area contributed by atoms with Crippen molar-refractivity contribution in [3.63, 3.8) is 0 Å². The van der Waals surface area contributed by atoms with Crippen molar-refractivity contribution in [3.8, 4) is 5.75 Å². The van der Waals surface area contributed by atoms with Gasteiger partial charge in [-0.15, -0.1) is 0 Å². The Morgan fingerprint density at radius 1 is 1.00 bits per heavy atom. The van der Waals surface area contributed by atoms with Crippen LogP contribution in [0.3, 0.4) is 0 Å². The molecule has 4 heteroatoms. The fourth-order valence-electron chi connectivity index (χ4n) is 2.09. The van der Waals surface area contributed by atoms with Crippen molar-refractivity contribution in [1.29, 1.82) is 0 Å². The van der Waals surface area contributed by atoms with Crippen molar-refractivity contribution >= 4 is 5.97 Å². The lowest BCUT2D eigenvalue weighted by Gasteiger charge is -2.08. The molecule has 0 aromatic heterocycles. The van der Waals surface area contributed by atoms with Gasteiger partial charge in [-0.05, 0) is 36.2 Å². The zero-order valence-electron chi connectivity index (χ0n) is 12.5. The summed E-state index contributed by atoms with van der Waals surface area (Å²) >= 11 is 0. The van der Waals surface area contributed by atoms with E-state index >= 15 is 0 Å². The molecule has 0 amide bonds. The average molecular weight is 299 g/mol. The van der Waals surface area contributed by atoms with E-state index < -0.39 is 5.97 Å². The maximum absolute atomic E-state index is 10.6. The number of hydrogen-bond donors (Lipinski definition) is 2. The molecule has 2 N–H and O–H groups in total. The lowest BCUT2D eigenvalue weighted by Crippen LogP contribution is -2.16. The van der Waals surface area contributed by atoms with Crippen LogP contribution in [0.2, 0.25) is 0 Å². The van der Waals surface area contributed by atoms with E-state index in [0.717, 1.165) is 30.8 Å². The summed E-state index contributed by atoms with van der Waals surface area (Å²) in [4.78, 5) is 10.6. The molecule has 0 atom stereocenters. The summed E-state index contributed by atoms with van der Waals surface area (Å²) in [5.74, 6) is -0.0460. The van der Waals surface area contributed by atoms with Gasteiger partial charge in [0.05, 0.1) is 13.0 Å². The van der Waals surface area contributed by atoms with Gasteiger partial charge in [0.25, 0.3) is 0 Å². The number of rotatable bonds is 9. The van der Waals surface area contributed by atoms with Crippen LogP contribution < -0.4 is 10.1 Å². The third kappa shape index (κ3) is 5.97. The van der Waals surface area contributed by atoms with Crippen molar-refractivity contribution in [3.05, 3.63) is 65.7 Å². The van der Waals surface area contributed by atoms with E-state index in [1.807, 2.05) is 30.3 Å². The number of nitrogens with one attached hydrogen (secondary N) is 1. The Morgan fingerprint density at radius 3 is 2.41 bits per heavy atom. The summed E-state index contributed by atoms with van der Waals surface area (Å²) in [6.45, 7) is 2.40. The van der Waals surface area contributed by atoms with Gasteiger partial charge in [0, 0.05) is 6.54 Å². The fraction of sp³-hybridized carbons (Fsp3) is 0.278. The Morgan fingerprint density at radius 2 is 1.73 bits per heavy atom. The summed E-state index contributed by atoms with van der Waals surface area (Å²) in [6.07, 6.45) is 0.966. The standard InChI is InChI=1S/C18H21NO3/c20-18(21)13-15-7-9-17(10-8-15)22-12-4-11-19-14-16-5-2-1-3-6-16/h1-3,5-10,19H,4,11-14H2,(H,20,21). The quantitative estimate of drug-likeness (QED) is 0.699. The molecule has 2 aromatic rings. The van der Waals surface area contributed by atoms with E-state index in [2.05, 4.69) is 17.4 Å². The first-order valence-corrected chi connectivity index (χ1v) is 7.42. The molecule has 0 bridgehead atoms. The van der Waals surface area contributed by atoms with E-state index in [9.17, 15) is 4.79 Å².